The van der Waals surface area contributed by atoms with Gasteiger partial charge in [-0.3, -0.25) is 9.59 Å². The van der Waals surface area contributed by atoms with Crippen LogP contribution in [0, 0.1) is 6.92 Å². The van der Waals surface area contributed by atoms with Crippen molar-refractivity contribution < 1.29 is 18.0 Å². The van der Waals surface area contributed by atoms with Crippen LogP contribution < -0.4 is 10.7 Å². The lowest BCUT2D eigenvalue weighted by molar-refractivity contribution is -0.136. The SMILES string of the molecule is C/C(=N/NC(=O)C(=O)Nc1ccc(C)cc1)c1ccc(S(C)(=O)=O)cc1. The van der Waals surface area contributed by atoms with E-state index in [2.05, 4.69) is 15.8 Å². The first kappa shape index (κ1) is 19.3. The molecule has 2 N–H and O–H groups in total. The fourth-order valence-corrected chi connectivity index (χ4v) is 2.65. The normalized spacial score (nSPS) is 11.7. The molecule has 0 atom stereocenters. The Labute approximate surface area is 152 Å². The lowest BCUT2D eigenvalue weighted by Crippen LogP contribution is -2.32. The molecule has 2 rings (SSSR count). The van der Waals surface area contributed by atoms with Crippen LogP contribution in [0.2, 0.25) is 0 Å². The molecule has 8 heteroatoms. The lowest BCUT2D eigenvalue weighted by Gasteiger charge is -2.06. The number of anilines is 1. The summed E-state index contributed by atoms with van der Waals surface area (Å²) in [6, 6.07) is 13.1. The van der Waals surface area contributed by atoms with E-state index in [-0.39, 0.29) is 4.90 Å². The van der Waals surface area contributed by atoms with Gasteiger partial charge in [0.15, 0.2) is 9.84 Å². The second-order valence-corrected chi connectivity index (χ2v) is 7.77. The quantitative estimate of drug-likeness (QED) is 0.485. The molecule has 0 unspecified atom stereocenters. The first-order chi connectivity index (χ1) is 12.2. The van der Waals surface area contributed by atoms with Gasteiger partial charge in [0, 0.05) is 11.9 Å². The highest BCUT2D eigenvalue weighted by Crippen LogP contribution is 2.11. The highest BCUT2D eigenvalue weighted by atomic mass is 32.2. The van der Waals surface area contributed by atoms with Gasteiger partial charge in [0.05, 0.1) is 10.6 Å². The van der Waals surface area contributed by atoms with Gasteiger partial charge in [0.2, 0.25) is 0 Å². The molecule has 136 valence electrons. The number of rotatable bonds is 4. The highest BCUT2D eigenvalue weighted by Gasteiger charge is 2.13. The second kappa shape index (κ2) is 7.92. The van der Waals surface area contributed by atoms with E-state index >= 15 is 0 Å². The first-order valence-corrected chi connectivity index (χ1v) is 9.59. The van der Waals surface area contributed by atoms with Gasteiger partial charge < -0.3 is 5.32 Å². The zero-order valence-corrected chi connectivity index (χ0v) is 15.4. The molecule has 0 aliphatic carbocycles. The van der Waals surface area contributed by atoms with Crippen molar-refractivity contribution >= 4 is 33.1 Å². The maximum Gasteiger partial charge on any atom is 0.329 e. The summed E-state index contributed by atoms with van der Waals surface area (Å²) in [5, 5.41) is 6.34. The van der Waals surface area contributed by atoms with E-state index in [9.17, 15) is 18.0 Å². The third kappa shape index (κ3) is 5.25. The third-order valence-electron chi connectivity index (χ3n) is 3.54. The number of hydrogen-bond acceptors (Lipinski definition) is 5. The molecule has 0 spiro atoms. The van der Waals surface area contributed by atoms with Crippen LogP contribution in [0.5, 0.6) is 0 Å². The third-order valence-corrected chi connectivity index (χ3v) is 4.67. The average Bonchev–Trinajstić information content (AvgIpc) is 2.60. The molecule has 0 aliphatic rings. The number of aryl methyl sites for hydroxylation is 1. The number of carbonyl (C=O) groups excluding carboxylic acids is 2. The average molecular weight is 373 g/mol. The zero-order chi connectivity index (χ0) is 19.3. The maximum atomic E-state index is 11.8. The fourth-order valence-electron chi connectivity index (χ4n) is 2.02. The van der Waals surface area contributed by atoms with E-state index in [4.69, 9.17) is 0 Å². The van der Waals surface area contributed by atoms with E-state index in [0.717, 1.165) is 11.8 Å². The van der Waals surface area contributed by atoms with Crippen molar-refractivity contribution in [1.29, 1.82) is 0 Å². The minimum absolute atomic E-state index is 0.190. The Morgan fingerprint density at radius 3 is 2.04 bits per heavy atom. The largest absolute Gasteiger partial charge is 0.329 e. The minimum Gasteiger partial charge on any atom is -0.318 e. The molecule has 2 amide bonds. The summed E-state index contributed by atoms with van der Waals surface area (Å²) in [5.41, 5.74) is 4.77. The summed E-state index contributed by atoms with van der Waals surface area (Å²) >= 11 is 0. The summed E-state index contributed by atoms with van der Waals surface area (Å²) in [7, 11) is -3.28. The molecule has 7 nitrogen and oxygen atoms in total. The Balaban J connectivity index is 1.99. The molecule has 0 aromatic heterocycles. The van der Waals surface area contributed by atoms with Gasteiger partial charge >= 0.3 is 11.8 Å². The zero-order valence-electron chi connectivity index (χ0n) is 14.6. The standard InChI is InChI=1S/C18H19N3O4S/c1-12-4-8-15(9-5-12)19-17(22)18(23)21-20-13(2)14-6-10-16(11-7-14)26(3,24)25/h4-11H,1-3H3,(H,19,22)(H,21,23)/b20-13-. The predicted octanol–water partition coefficient (Wildman–Crippen LogP) is 1.88. The molecule has 0 fully saturated rings. The van der Waals surface area contributed by atoms with Gasteiger partial charge in [0.25, 0.3) is 0 Å². The predicted molar refractivity (Wildman–Crippen MR) is 99.7 cm³/mol. The van der Waals surface area contributed by atoms with Crippen LogP contribution in [0.15, 0.2) is 58.5 Å². The van der Waals surface area contributed by atoms with E-state index in [1.165, 1.54) is 12.1 Å². The van der Waals surface area contributed by atoms with Crippen LogP contribution in [-0.4, -0.2) is 32.2 Å². The van der Waals surface area contributed by atoms with Crippen LogP contribution in [0.3, 0.4) is 0 Å². The number of hydrogen-bond donors (Lipinski definition) is 2. The van der Waals surface area contributed by atoms with Gasteiger partial charge in [-0.1, -0.05) is 29.8 Å². The first-order valence-electron chi connectivity index (χ1n) is 7.69. The Hall–Kier alpha value is -3.00. The molecule has 0 aliphatic heterocycles. The molecule has 0 radical (unpaired) electrons. The van der Waals surface area contributed by atoms with Crippen molar-refractivity contribution in [1.82, 2.24) is 5.43 Å². The summed E-state index contributed by atoms with van der Waals surface area (Å²) < 4.78 is 22.9. The molecule has 2 aromatic carbocycles. The number of benzene rings is 2. The molecule has 2 aromatic rings. The second-order valence-electron chi connectivity index (χ2n) is 5.75. The summed E-state index contributed by atoms with van der Waals surface area (Å²) in [5.74, 6) is -1.74. The number of nitrogens with zero attached hydrogens (tertiary/aromatic N) is 1. The molecule has 0 saturated carbocycles. The molecule has 0 saturated heterocycles. The minimum atomic E-state index is -3.28. The van der Waals surface area contributed by atoms with Crippen molar-refractivity contribution in [3.8, 4) is 0 Å². The smallest absolute Gasteiger partial charge is 0.318 e. The number of sulfone groups is 1. The van der Waals surface area contributed by atoms with Crippen LogP contribution in [0.25, 0.3) is 0 Å². The van der Waals surface area contributed by atoms with Gasteiger partial charge in [-0.25, -0.2) is 13.8 Å². The summed E-state index contributed by atoms with van der Waals surface area (Å²) in [6.45, 7) is 3.55. The number of nitrogens with one attached hydrogen (secondary N) is 2. The van der Waals surface area contributed by atoms with Crippen LogP contribution >= 0.6 is 0 Å². The Kier molecular flexibility index (Phi) is 5.89. The number of carbonyl (C=O) groups is 2. The fraction of sp³-hybridized carbons (Fsp3) is 0.167. The van der Waals surface area contributed by atoms with Crippen molar-refractivity contribution in [2.24, 2.45) is 5.10 Å². The number of hydrazone groups is 1. The van der Waals surface area contributed by atoms with Crippen molar-refractivity contribution in [3.05, 3.63) is 59.7 Å². The Morgan fingerprint density at radius 1 is 0.923 bits per heavy atom. The lowest BCUT2D eigenvalue weighted by atomic mass is 10.1. The van der Waals surface area contributed by atoms with Crippen LogP contribution in [-0.2, 0) is 19.4 Å². The summed E-state index contributed by atoms with van der Waals surface area (Å²) in [6.07, 6.45) is 1.12. The molecule has 26 heavy (non-hydrogen) atoms. The van der Waals surface area contributed by atoms with Crippen molar-refractivity contribution in [3.63, 3.8) is 0 Å². The molecule has 0 heterocycles. The number of amides is 2. The highest BCUT2D eigenvalue weighted by molar-refractivity contribution is 7.90. The maximum absolute atomic E-state index is 11.8. The molecular formula is C18H19N3O4S. The van der Waals surface area contributed by atoms with Crippen LogP contribution in [0.1, 0.15) is 18.1 Å². The van der Waals surface area contributed by atoms with Crippen molar-refractivity contribution in [2.45, 2.75) is 18.7 Å². The van der Waals surface area contributed by atoms with Crippen LogP contribution in [0.4, 0.5) is 5.69 Å². The molecular weight excluding hydrogens is 354 g/mol. The van der Waals surface area contributed by atoms with E-state index in [1.54, 1.807) is 31.2 Å². The van der Waals surface area contributed by atoms with Gasteiger partial charge in [-0.15, -0.1) is 0 Å². The van der Waals surface area contributed by atoms with E-state index < -0.39 is 21.7 Å². The van der Waals surface area contributed by atoms with Gasteiger partial charge in [-0.2, -0.15) is 5.10 Å². The van der Waals surface area contributed by atoms with Crippen molar-refractivity contribution in [2.75, 3.05) is 11.6 Å². The van der Waals surface area contributed by atoms with Gasteiger partial charge in [-0.05, 0) is 43.7 Å². The Bertz CT molecular complexity index is 947. The van der Waals surface area contributed by atoms with E-state index in [0.29, 0.717) is 17.0 Å². The van der Waals surface area contributed by atoms with E-state index in [1.807, 2.05) is 19.1 Å². The molecule has 0 bridgehead atoms. The topological polar surface area (TPSA) is 105 Å². The Morgan fingerprint density at radius 2 is 1.50 bits per heavy atom. The monoisotopic (exact) mass is 373 g/mol. The van der Waals surface area contributed by atoms with Gasteiger partial charge in [0.1, 0.15) is 0 Å². The summed E-state index contributed by atoms with van der Waals surface area (Å²) in [4.78, 5) is 23.9.